The van der Waals surface area contributed by atoms with Gasteiger partial charge in [0.1, 0.15) is 0 Å². The Morgan fingerprint density at radius 2 is 2.14 bits per heavy atom. The van der Waals surface area contributed by atoms with E-state index in [1.54, 1.807) is 25.3 Å². The number of aromatic nitrogens is 2. The van der Waals surface area contributed by atoms with Crippen molar-refractivity contribution < 1.29 is 17.9 Å². The van der Waals surface area contributed by atoms with Gasteiger partial charge < -0.3 is 9.47 Å². The fourth-order valence-electron chi connectivity index (χ4n) is 1.66. The average Bonchev–Trinajstić information content (AvgIpc) is 2.99. The Morgan fingerprint density at radius 3 is 2.86 bits per heavy atom. The van der Waals surface area contributed by atoms with Gasteiger partial charge in [-0.25, -0.2) is 0 Å². The Morgan fingerprint density at radius 1 is 1.29 bits per heavy atom. The Bertz CT molecular complexity index is 656. The summed E-state index contributed by atoms with van der Waals surface area (Å²) in [6.45, 7) is 1.40. The van der Waals surface area contributed by atoms with Crippen molar-refractivity contribution in [1.29, 1.82) is 0 Å². The van der Waals surface area contributed by atoms with Crippen molar-refractivity contribution >= 4 is 15.7 Å². The lowest BCUT2D eigenvalue weighted by atomic mass is 10.2. The number of hydrogen-bond donors (Lipinski definition) is 2. The van der Waals surface area contributed by atoms with Crippen LogP contribution in [0.15, 0.2) is 41.6 Å². The summed E-state index contributed by atoms with van der Waals surface area (Å²) in [5, 5.41) is 6.07. The van der Waals surface area contributed by atoms with Crippen molar-refractivity contribution in [3.05, 3.63) is 42.1 Å². The van der Waals surface area contributed by atoms with Gasteiger partial charge in [0.15, 0.2) is 5.03 Å². The minimum Gasteiger partial charge on any atom is -0.382 e. The van der Waals surface area contributed by atoms with Gasteiger partial charge in [0.2, 0.25) is 0 Å². The molecule has 7 nitrogen and oxygen atoms in total. The molecule has 0 bridgehead atoms. The third-order valence-electron chi connectivity index (χ3n) is 2.64. The van der Waals surface area contributed by atoms with Crippen LogP contribution in [0.2, 0.25) is 0 Å². The molecule has 1 aromatic heterocycles. The number of H-pyrrole nitrogens is 1. The Hall–Kier alpha value is -1.90. The summed E-state index contributed by atoms with van der Waals surface area (Å²) in [7, 11) is -2.04. The van der Waals surface area contributed by atoms with Gasteiger partial charge in [-0.05, 0) is 23.8 Å². The molecule has 2 rings (SSSR count). The van der Waals surface area contributed by atoms with Crippen molar-refractivity contribution in [2.45, 2.75) is 11.6 Å². The molecule has 1 heterocycles. The van der Waals surface area contributed by atoms with E-state index in [4.69, 9.17) is 9.47 Å². The first kappa shape index (κ1) is 15.5. The molecule has 21 heavy (non-hydrogen) atoms. The maximum atomic E-state index is 12.0. The summed E-state index contributed by atoms with van der Waals surface area (Å²) in [6, 6.07) is 8.41. The molecule has 2 aromatic rings. The summed E-state index contributed by atoms with van der Waals surface area (Å²) in [5.41, 5.74) is 1.34. The maximum absolute atomic E-state index is 12.0. The van der Waals surface area contributed by atoms with Crippen LogP contribution in [-0.2, 0) is 26.1 Å². The highest BCUT2D eigenvalue weighted by Crippen LogP contribution is 2.16. The molecule has 1 aromatic carbocycles. The lowest BCUT2D eigenvalue weighted by Gasteiger charge is -2.08. The van der Waals surface area contributed by atoms with E-state index in [0.29, 0.717) is 25.5 Å². The third kappa shape index (κ3) is 4.55. The molecule has 0 atom stereocenters. The van der Waals surface area contributed by atoms with Crippen molar-refractivity contribution in [2.24, 2.45) is 0 Å². The minimum atomic E-state index is -3.64. The normalized spacial score (nSPS) is 11.5. The van der Waals surface area contributed by atoms with Gasteiger partial charge in [0.05, 0.1) is 26.0 Å². The quantitative estimate of drug-likeness (QED) is 0.718. The first-order valence-electron chi connectivity index (χ1n) is 6.29. The molecule has 0 spiro atoms. The standard InChI is InChI=1S/C13H17N3O4S/c1-19-7-8-20-10-11-3-2-4-12(9-11)16-21(17,18)13-5-6-14-15-13/h2-6,9,16H,7-8,10H2,1H3,(H,14,15). The van der Waals surface area contributed by atoms with Crippen LogP contribution in [-0.4, -0.2) is 38.9 Å². The SMILES string of the molecule is COCCOCc1cccc(NS(=O)(=O)c2ccn[nH]2)c1. The van der Waals surface area contributed by atoms with Crippen LogP contribution in [0.3, 0.4) is 0 Å². The summed E-state index contributed by atoms with van der Waals surface area (Å²) >= 11 is 0. The van der Waals surface area contributed by atoms with Gasteiger partial charge in [-0.1, -0.05) is 12.1 Å². The van der Waals surface area contributed by atoms with E-state index in [1.165, 1.54) is 12.3 Å². The number of benzene rings is 1. The van der Waals surface area contributed by atoms with Gasteiger partial charge in [0, 0.05) is 12.8 Å². The van der Waals surface area contributed by atoms with E-state index in [0.717, 1.165) is 5.56 Å². The van der Waals surface area contributed by atoms with Gasteiger partial charge in [-0.15, -0.1) is 0 Å². The van der Waals surface area contributed by atoms with E-state index in [9.17, 15) is 8.42 Å². The molecule has 8 heteroatoms. The zero-order valence-electron chi connectivity index (χ0n) is 11.6. The number of methoxy groups -OCH3 is 1. The smallest absolute Gasteiger partial charge is 0.278 e. The summed E-state index contributed by atoms with van der Waals surface area (Å²) < 4.78 is 36.9. The van der Waals surface area contributed by atoms with E-state index >= 15 is 0 Å². The Balaban J connectivity index is 2.01. The van der Waals surface area contributed by atoms with Crippen LogP contribution in [0.5, 0.6) is 0 Å². The largest absolute Gasteiger partial charge is 0.382 e. The molecule has 0 saturated heterocycles. The highest BCUT2D eigenvalue weighted by Gasteiger charge is 2.15. The zero-order valence-corrected chi connectivity index (χ0v) is 12.4. The first-order chi connectivity index (χ1) is 10.1. The number of sulfonamides is 1. The number of anilines is 1. The molecular formula is C13H17N3O4S. The molecule has 0 fully saturated rings. The second-order valence-electron chi connectivity index (χ2n) is 4.27. The molecule has 114 valence electrons. The number of nitrogens with one attached hydrogen (secondary N) is 2. The van der Waals surface area contributed by atoms with Crippen LogP contribution in [0.25, 0.3) is 0 Å². The van der Waals surface area contributed by atoms with Crippen LogP contribution >= 0.6 is 0 Å². The zero-order chi connectivity index (χ0) is 15.1. The number of rotatable bonds is 8. The van der Waals surface area contributed by atoms with Gasteiger partial charge >= 0.3 is 0 Å². The molecule has 2 N–H and O–H groups in total. The number of aromatic amines is 1. The number of nitrogens with zero attached hydrogens (tertiary/aromatic N) is 1. The molecular weight excluding hydrogens is 294 g/mol. The van der Waals surface area contributed by atoms with Crippen LogP contribution < -0.4 is 4.72 Å². The summed E-state index contributed by atoms with van der Waals surface area (Å²) in [4.78, 5) is 0. The molecule has 0 radical (unpaired) electrons. The monoisotopic (exact) mass is 311 g/mol. The highest BCUT2D eigenvalue weighted by atomic mass is 32.2. The Kier molecular flexibility index (Phi) is 5.32. The van der Waals surface area contributed by atoms with Crippen molar-refractivity contribution in [3.63, 3.8) is 0 Å². The van der Waals surface area contributed by atoms with Crippen molar-refractivity contribution in [2.75, 3.05) is 25.0 Å². The van der Waals surface area contributed by atoms with Crippen LogP contribution in [0.1, 0.15) is 5.56 Å². The highest BCUT2D eigenvalue weighted by molar-refractivity contribution is 7.92. The average molecular weight is 311 g/mol. The molecule has 0 amide bonds. The number of hydrogen-bond acceptors (Lipinski definition) is 5. The molecule has 0 unspecified atom stereocenters. The fourth-order valence-corrected chi connectivity index (χ4v) is 2.62. The molecule has 0 aliphatic carbocycles. The predicted molar refractivity (Wildman–Crippen MR) is 77.4 cm³/mol. The summed E-state index contributed by atoms with van der Waals surface area (Å²) in [6.07, 6.45) is 1.38. The van der Waals surface area contributed by atoms with Crippen molar-refractivity contribution in [3.8, 4) is 0 Å². The lowest BCUT2D eigenvalue weighted by Crippen LogP contribution is -2.13. The number of ether oxygens (including phenoxy) is 2. The van der Waals surface area contributed by atoms with E-state index in [1.807, 2.05) is 6.07 Å². The molecule has 0 saturated carbocycles. The maximum Gasteiger partial charge on any atom is 0.278 e. The second-order valence-corrected chi connectivity index (χ2v) is 5.92. The third-order valence-corrected chi connectivity index (χ3v) is 3.96. The Labute approximate surface area is 123 Å². The molecule has 0 aliphatic rings. The van der Waals surface area contributed by atoms with Gasteiger partial charge in [-0.2, -0.15) is 13.5 Å². The van der Waals surface area contributed by atoms with E-state index < -0.39 is 10.0 Å². The predicted octanol–water partition coefficient (Wildman–Crippen LogP) is 1.37. The second kappa shape index (κ2) is 7.21. The summed E-state index contributed by atoms with van der Waals surface area (Å²) in [5.74, 6) is 0. The van der Waals surface area contributed by atoms with Crippen molar-refractivity contribution in [1.82, 2.24) is 10.2 Å². The molecule has 0 aliphatic heterocycles. The fraction of sp³-hybridized carbons (Fsp3) is 0.308. The van der Waals surface area contributed by atoms with Gasteiger partial charge in [-0.3, -0.25) is 9.82 Å². The topological polar surface area (TPSA) is 93.3 Å². The van der Waals surface area contributed by atoms with Crippen LogP contribution in [0.4, 0.5) is 5.69 Å². The van der Waals surface area contributed by atoms with Crippen LogP contribution in [0, 0.1) is 0 Å². The van der Waals surface area contributed by atoms with E-state index in [-0.39, 0.29) is 5.03 Å². The first-order valence-corrected chi connectivity index (χ1v) is 7.78. The van der Waals surface area contributed by atoms with Gasteiger partial charge in [0.25, 0.3) is 10.0 Å². The minimum absolute atomic E-state index is 0.0178. The lowest BCUT2D eigenvalue weighted by molar-refractivity contribution is 0.0617. The van der Waals surface area contributed by atoms with E-state index in [2.05, 4.69) is 14.9 Å².